The average molecular weight is 455 g/mol. The van der Waals surface area contributed by atoms with Crippen molar-refractivity contribution in [3.8, 4) is 11.5 Å². The number of carbonyl (C=O) groups excluding carboxylic acids is 2. The van der Waals surface area contributed by atoms with Gasteiger partial charge in [0.05, 0.1) is 17.1 Å². The molecular formula is C22H21N3O6S. The molecule has 3 aromatic carbocycles. The number of benzene rings is 3. The summed E-state index contributed by atoms with van der Waals surface area (Å²) in [6.45, 7) is 2.31. The highest BCUT2D eigenvalue weighted by Gasteiger charge is 2.15. The molecule has 10 heteroatoms. The third kappa shape index (κ3) is 5.55. The Morgan fingerprint density at radius 1 is 0.875 bits per heavy atom. The molecule has 2 amide bonds. The van der Waals surface area contributed by atoms with Gasteiger partial charge < -0.3 is 9.84 Å². The van der Waals surface area contributed by atoms with Gasteiger partial charge in [0.2, 0.25) is 0 Å². The van der Waals surface area contributed by atoms with E-state index >= 15 is 0 Å². The van der Waals surface area contributed by atoms with Gasteiger partial charge in [-0.1, -0.05) is 12.1 Å². The molecule has 0 bridgehead atoms. The van der Waals surface area contributed by atoms with Gasteiger partial charge in [-0.15, -0.1) is 0 Å². The van der Waals surface area contributed by atoms with E-state index < -0.39 is 21.8 Å². The first-order valence-corrected chi connectivity index (χ1v) is 11.0. The number of para-hydroxylation sites is 1. The summed E-state index contributed by atoms with van der Waals surface area (Å²) >= 11 is 0. The molecule has 3 rings (SSSR count). The molecule has 0 saturated heterocycles. The number of amides is 2. The van der Waals surface area contributed by atoms with Crippen LogP contribution in [0.25, 0.3) is 0 Å². The van der Waals surface area contributed by atoms with Crippen LogP contribution in [0.4, 0.5) is 5.69 Å². The molecular weight excluding hydrogens is 434 g/mol. The first-order chi connectivity index (χ1) is 15.3. The lowest BCUT2D eigenvalue weighted by Crippen LogP contribution is -2.41. The SMILES string of the molecule is CCOc1ccc(S(=O)(=O)Nc2ccc(C(=O)NNC(=O)c3ccccc3O)cc2)cc1. The lowest BCUT2D eigenvalue weighted by atomic mass is 10.2. The number of phenolic OH excluding ortho intramolecular Hbond substituents is 1. The largest absolute Gasteiger partial charge is 0.507 e. The van der Waals surface area contributed by atoms with Crippen LogP contribution in [-0.4, -0.2) is 31.9 Å². The van der Waals surface area contributed by atoms with Crippen molar-refractivity contribution in [1.82, 2.24) is 10.9 Å². The molecule has 3 aromatic rings. The first kappa shape index (κ1) is 22.6. The number of carbonyl (C=O) groups is 2. The summed E-state index contributed by atoms with van der Waals surface area (Å²) in [5.74, 6) is -0.953. The third-order valence-corrected chi connectivity index (χ3v) is 5.68. The van der Waals surface area contributed by atoms with E-state index in [1.807, 2.05) is 6.92 Å². The number of hydrogen-bond donors (Lipinski definition) is 4. The van der Waals surface area contributed by atoms with Crippen LogP contribution in [0, 0.1) is 0 Å². The maximum atomic E-state index is 12.5. The lowest BCUT2D eigenvalue weighted by molar-refractivity contribution is 0.0845. The Balaban J connectivity index is 1.61. The minimum absolute atomic E-state index is 0.00634. The summed E-state index contributed by atoms with van der Waals surface area (Å²) in [6, 6.07) is 17.5. The fourth-order valence-electron chi connectivity index (χ4n) is 2.70. The number of sulfonamides is 1. The van der Waals surface area contributed by atoms with Gasteiger partial charge in [-0.05, 0) is 67.6 Å². The standard InChI is InChI=1S/C22H21N3O6S/c1-2-31-17-11-13-18(14-12-17)32(29,30)25-16-9-7-15(8-10-16)21(27)23-24-22(28)19-5-3-4-6-20(19)26/h3-14,25-26H,2H2,1H3,(H,23,27)(H,24,28). The second-order valence-electron chi connectivity index (χ2n) is 6.51. The van der Waals surface area contributed by atoms with Crippen LogP contribution < -0.4 is 20.3 Å². The maximum absolute atomic E-state index is 12.5. The van der Waals surface area contributed by atoms with Gasteiger partial charge in [-0.25, -0.2) is 8.42 Å². The third-order valence-electron chi connectivity index (χ3n) is 4.28. The van der Waals surface area contributed by atoms with E-state index in [9.17, 15) is 23.1 Å². The molecule has 0 aliphatic heterocycles. The van der Waals surface area contributed by atoms with E-state index in [2.05, 4.69) is 15.6 Å². The zero-order chi connectivity index (χ0) is 23.1. The van der Waals surface area contributed by atoms with Crippen LogP contribution in [0.5, 0.6) is 11.5 Å². The summed E-state index contributed by atoms with van der Waals surface area (Å²) in [4.78, 5) is 24.3. The summed E-state index contributed by atoms with van der Waals surface area (Å²) in [5.41, 5.74) is 4.89. The maximum Gasteiger partial charge on any atom is 0.273 e. The van der Waals surface area contributed by atoms with Gasteiger partial charge in [-0.3, -0.25) is 25.2 Å². The number of aromatic hydroxyl groups is 1. The lowest BCUT2D eigenvalue weighted by Gasteiger charge is -2.11. The number of phenols is 1. The number of hydrazine groups is 1. The van der Waals surface area contributed by atoms with Crippen LogP contribution in [0.2, 0.25) is 0 Å². The number of rotatable bonds is 7. The van der Waals surface area contributed by atoms with E-state index in [0.717, 1.165) is 0 Å². The van der Waals surface area contributed by atoms with Crippen molar-refractivity contribution >= 4 is 27.5 Å². The monoisotopic (exact) mass is 455 g/mol. The van der Waals surface area contributed by atoms with Crippen molar-refractivity contribution in [3.63, 3.8) is 0 Å². The molecule has 0 spiro atoms. The minimum Gasteiger partial charge on any atom is -0.507 e. The van der Waals surface area contributed by atoms with Crippen LogP contribution in [0.1, 0.15) is 27.6 Å². The van der Waals surface area contributed by atoms with E-state index in [1.165, 1.54) is 48.5 Å². The normalized spacial score (nSPS) is 10.8. The van der Waals surface area contributed by atoms with Crippen LogP contribution in [0.3, 0.4) is 0 Å². The summed E-state index contributed by atoms with van der Waals surface area (Å²) in [7, 11) is -3.82. The molecule has 0 heterocycles. The van der Waals surface area contributed by atoms with Crippen LogP contribution in [-0.2, 0) is 10.0 Å². The highest BCUT2D eigenvalue weighted by Crippen LogP contribution is 2.20. The molecule has 0 radical (unpaired) electrons. The molecule has 166 valence electrons. The molecule has 0 saturated carbocycles. The minimum atomic E-state index is -3.82. The Morgan fingerprint density at radius 3 is 2.12 bits per heavy atom. The van der Waals surface area contributed by atoms with Crippen molar-refractivity contribution in [2.45, 2.75) is 11.8 Å². The molecule has 32 heavy (non-hydrogen) atoms. The van der Waals surface area contributed by atoms with Crippen molar-refractivity contribution in [1.29, 1.82) is 0 Å². The van der Waals surface area contributed by atoms with Gasteiger partial charge in [-0.2, -0.15) is 0 Å². The molecule has 4 N–H and O–H groups in total. The van der Waals surface area contributed by atoms with E-state index in [0.29, 0.717) is 12.4 Å². The zero-order valence-corrected chi connectivity index (χ0v) is 17.8. The Hall–Kier alpha value is -4.05. The Bertz CT molecular complexity index is 1210. The molecule has 0 aliphatic rings. The van der Waals surface area contributed by atoms with Crippen LogP contribution in [0.15, 0.2) is 77.7 Å². The summed E-state index contributed by atoms with van der Waals surface area (Å²) < 4.78 is 32.8. The second kappa shape index (κ2) is 9.84. The summed E-state index contributed by atoms with van der Waals surface area (Å²) in [6.07, 6.45) is 0. The Kier molecular flexibility index (Phi) is 6.96. The average Bonchev–Trinajstić information content (AvgIpc) is 2.78. The predicted octanol–water partition coefficient (Wildman–Crippen LogP) is 2.67. The van der Waals surface area contributed by atoms with Gasteiger partial charge >= 0.3 is 0 Å². The fraction of sp³-hybridized carbons (Fsp3) is 0.0909. The van der Waals surface area contributed by atoms with Gasteiger partial charge in [0.15, 0.2) is 0 Å². The van der Waals surface area contributed by atoms with Gasteiger partial charge in [0.1, 0.15) is 11.5 Å². The van der Waals surface area contributed by atoms with Crippen LogP contribution >= 0.6 is 0 Å². The smallest absolute Gasteiger partial charge is 0.273 e. The van der Waals surface area contributed by atoms with Crippen molar-refractivity contribution < 1.29 is 27.9 Å². The first-order valence-electron chi connectivity index (χ1n) is 9.54. The highest BCUT2D eigenvalue weighted by atomic mass is 32.2. The van der Waals surface area contributed by atoms with E-state index in [-0.39, 0.29) is 27.5 Å². The number of anilines is 1. The number of hydrogen-bond acceptors (Lipinski definition) is 6. The zero-order valence-electron chi connectivity index (χ0n) is 17.0. The van der Waals surface area contributed by atoms with E-state index in [4.69, 9.17) is 4.74 Å². The Labute approximate surface area is 185 Å². The molecule has 0 aliphatic carbocycles. The van der Waals surface area contributed by atoms with Gasteiger partial charge in [0, 0.05) is 11.3 Å². The number of ether oxygens (including phenoxy) is 1. The topological polar surface area (TPSA) is 134 Å². The highest BCUT2D eigenvalue weighted by molar-refractivity contribution is 7.92. The van der Waals surface area contributed by atoms with Crippen molar-refractivity contribution in [2.75, 3.05) is 11.3 Å². The molecule has 0 atom stereocenters. The number of nitrogens with one attached hydrogen (secondary N) is 3. The Morgan fingerprint density at radius 2 is 1.50 bits per heavy atom. The molecule has 0 unspecified atom stereocenters. The van der Waals surface area contributed by atoms with Crippen molar-refractivity contribution in [3.05, 3.63) is 83.9 Å². The fourth-order valence-corrected chi connectivity index (χ4v) is 3.76. The molecule has 0 aromatic heterocycles. The summed E-state index contributed by atoms with van der Waals surface area (Å²) in [5, 5.41) is 9.67. The second-order valence-corrected chi connectivity index (χ2v) is 8.20. The van der Waals surface area contributed by atoms with Gasteiger partial charge in [0.25, 0.3) is 21.8 Å². The van der Waals surface area contributed by atoms with E-state index in [1.54, 1.807) is 24.3 Å². The quantitative estimate of drug-likeness (QED) is 0.405. The van der Waals surface area contributed by atoms with Crippen molar-refractivity contribution in [2.24, 2.45) is 0 Å². The molecule has 9 nitrogen and oxygen atoms in total. The molecule has 0 fully saturated rings. The predicted molar refractivity (Wildman–Crippen MR) is 118 cm³/mol.